The van der Waals surface area contributed by atoms with Gasteiger partial charge in [0, 0.05) is 25.7 Å². The molecule has 1 aliphatic carbocycles. The van der Waals surface area contributed by atoms with Crippen LogP contribution in [0.2, 0.25) is 0 Å². The van der Waals surface area contributed by atoms with Crippen LogP contribution in [0.1, 0.15) is 40.5 Å². The SMILES string of the molecule is CCOCC(C)(CN)N(CC(C)C)C1CC1. The van der Waals surface area contributed by atoms with E-state index in [4.69, 9.17) is 10.5 Å². The topological polar surface area (TPSA) is 38.5 Å². The van der Waals surface area contributed by atoms with Crippen LogP contribution >= 0.6 is 0 Å². The molecule has 0 aromatic heterocycles. The monoisotopic (exact) mass is 228 g/mol. The molecule has 0 aromatic carbocycles. The van der Waals surface area contributed by atoms with Gasteiger partial charge in [0.05, 0.1) is 12.1 Å². The van der Waals surface area contributed by atoms with E-state index >= 15 is 0 Å². The van der Waals surface area contributed by atoms with Gasteiger partial charge in [-0.2, -0.15) is 0 Å². The third kappa shape index (κ3) is 3.72. The molecule has 96 valence electrons. The van der Waals surface area contributed by atoms with E-state index in [0.717, 1.165) is 25.8 Å². The van der Waals surface area contributed by atoms with Crippen LogP contribution in [0.25, 0.3) is 0 Å². The normalized spacial score (nSPS) is 20.4. The van der Waals surface area contributed by atoms with Gasteiger partial charge in [0.1, 0.15) is 0 Å². The van der Waals surface area contributed by atoms with Crippen molar-refractivity contribution in [1.29, 1.82) is 0 Å². The molecular weight excluding hydrogens is 200 g/mol. The molecule has 0 radical (unpaired) electrons. The average Bonchev–Trinajstić information content (AvgIpc) is 3.06. The Labute approximate surface area is 100 Å². The molecule has 1 rings (SSSR count). The number of ether oxygens (including phenoxy) is 1. The van der Waals surface area contributed by atoms with Crippen molar-refractivity contribution in [3.8, 4) is 0 Å². The fourth-order valence-electron chi connectivity index (χ4n) is 2.17. The summed E-state index contributed by atoms with van der Waals surface area (Å²) in [6, 6.07) is 0.747. The van der Waals surface area contributed by atoms with E-state index in [2.05, 4.69) is 25.7 Å². The summed E-state index contributed by atoms with van der Waals surface area (Å²) in [6.45, 7) is 12.2. The molecule has 0 saturated heterocycles. The van der Waals surface area contributed by atoms with Gasteiger partial charge < -0.3 is 10.5 Å². The molecule has 1 fully saturated rings. The summed E-state index contributed by atoms with van der Waals surface area (Å²) in [4.78, 5) is 2.58. The Morgan fingerprint density at radius 3 is 2.44 bits per heavy atom. The summed E-state index contributed by atoms with van der Waals surface area (Å²) in [6.07, 6.45) is 2.66. The first-order chi connectivity index (χ1) is 7.53. The van der Waals surface area contributed by atoms with Crippen LogP contribution < -0.4 is 5.73 Å². The third-order valence-corrected chi connectivity index (χ3v) is 3.30. The predicted molar refractivity (Wildman–Crippen MR) is 68.5 cm³/mol. The number of nitrogens with zero attached hydrogens (tertiary/aromatic N) is 1. The minimum atomic E-state index is 0.0153. The Balaban J connectivity index is 2.63. The van der Waals surface area contributed by atoms with Crippen molar-refractivity contribution in [3.63, 3.8) is 0 Å². The fraction of sp³-hybridized carbons (Fsp3) is 1.00. The van der Waals surface area contributed by atoms with Crippen molar-refractivity contribution in [1.82, 2.24) is 4.90 Å². The Kier molecular flexibility index (Phi) is 5.22. The maximum atomic E-state index is 5.97. The number of hydrogen-bond donors (Lipinski definition) is 1. The van der Waals surface area contributed by atoms with Crippen LogP contribution in [-0.4, -0.2) is 42.8 Å². The van der Waals surface area contributed by atoms with Crippen molar-refractivity contribution < 1.29 is 4.74 Å². The average molecular weight is 228 g/mol. The fourth-order valence-corrected chi connectivity index (χ4v) is 2.17. The molecule has 16 heavy (non-hydrogen) atoms. The smallest absolute Gasteiger partial charge is 0.0660 e. The van der Waals surface area contributed by atoms with Crippen LogP contribution in [-0.2, 0) is 4.74 Å². The summed E-state index contributed by atoms with van der Waals surface area (Å²) in [7, 11) is 0. The first-order valence-electron chi connectivity index (χ1n) is 6.58. The molecule has 1 atom stereocenters. The first-order valence-corrected chi connectivity index (χ1v) is 6.58. The summed E-state index contributed by atoms with van der Waals surface area (Å²) in [5, 5.41) is 0. The molecule has 0 aromatic rings. The molecule has 3 heteroatoms. The molecule has 2 N–H and O–H groups in total. The summed E-state index contributed by atoms with van der Waals surface area (Å²) < 4.78 is 5.61. The molecule has 3 nitrogen and oxygen atoms in total. The van der Waals surface area contributed by atoms with Crippen molar-refractivity contribution in [3.05, 3.63) is 0 Å². The van der Waals surface area contributed by atoms with E-state index in [1.807, 2.05) is 6.92 Å². The summed E-state index contributed by atoms with van der Waals surface area (Å²) in [5.41, 5.74) is 5.98. The number of hydrogen-bond acceptors (Lipinski definition) is 3. The van der Waals surface area contributed by atoms with Crippen LogP contribution in [0.4, 0.5) is 0 Å². The number of rotatable bonds is 8. The van der Waals surface area contributed by atoms with Gasteiger partial charge in [-0.1, -0.05) is 13.8 Å². The molecule has 0 spiro atoms. The zero-order valence-corrected chi connectivity index (χ0v) is 11.3. The largest absolute Gasteiger partial charge is 0.380 e. The van der Waals surface area contributed by atoms with Crippen LogP contribution in [0.5, 0.6) is 0 Å². The molecule has 1 unspecified atom stereocenters. The zero-order valence-electron chi connectivity index (χ0n) is 11.3. The molecule has 0 bridgehead atoms. The molecule has 0 amide bonds. The Morgan fingerprint density at radius 2 is 2.06 bits per heavy atom. The summed E-state index contributed by atoms with van der Waals surface area (Å²) in [5.74, 6) is 0.688. The zero-order chi connectivity index (χ0) is 12.2. The highest BCUT2D eigenvalue weighted by atomic mass is 16.5. The third-order valence-electron chi connectivity index (χ3n) is 3.30. The van der Waals surface area contributed by atoms with Gasteiger partial charge >= 0.3 is 0 Å². The van der Waals surface area contributed by atoms with Gasteiger partial charge in [-0.25, -0.2) is 0 Å². The van der Waals surface area contributed by atoms with Gasteiger partial charge in [-0.15, -0.1) is 0 Å². The highest BCUT2D eigenvalue weighted by molar-refractivity contribution is 4.97. The Hall–Kier alpha value is -0.120. The van der Waals surface area contributed by atoms with Gasteiger partial charge in [-0.05, 0) is 32.6 Å². The minimum absolute atomic E-state index is 0.0153. The van der Waals surface area contributed by atoms with Crippen molar-refractivity contribution in [2.75, 3.05) is 26.3 Å². The van der Waals surface area contributed by atoms with Gasteiger partial charge in [0.15, 0.2) is 0 Å². The van der Waals surface area contributed by atoms with Crippen LogP contribution in [0.15, 0.2) is 0 Å². The predicted octanol–water partition coefficient (Wildman–Crippen LogP) is 1.86. The maximum Gasteiger partial charge on any atom is 0.0660 e. The minimum Gasteiger partial charge on any atom is -0.380 e. The number of nitrogens with two attached hydrogens (primary N) is 1. The van der Waals surface area contributed by atoms with E-state index in [-0.39, 0.29) is 5.54 Å². The lowest BCUT2D eigenvalue weighted by Gasteiger charge is -2.41. The second kappa shape index (κ2) is 5.99. The van der Waals surface area contributed by atoms with Gasteiger partial charge in [0.2, 0.25) is 0 Å². The van der Waals surface area contributed by atoms with E-state index in [9.17, 15) is 0 Å². The van der Waals surface area contributed by atoms with E-state index in [1.54, 1.807) is 0 Å². The van der Waals surface area contributed by atoms with Gasteiger partial charge in [0.25, 0.3) is 0 Å². The van der Waals surface area contributed by atoms with Crippen LogP contribution in [0.3, 0.4) is 0 Å². The second-order valence-corrected chi connectivity index (χ2v) is 5.62. The van der Waals surface area contributed by atoms with Crippen molar-refractivity contribution >= 4 is 0 Å². The standard InChI is InChI=1S/C13H28N2O/c1-5-16-10-13(4,9-14)15(8-11(2)3)12-6-7-12/h11-12H,5-10,14H2,1-4H3. The highest BCUT2D eigenvalue weighted by Gasteiger charge is 2.40. The maximum absolute atomic E-state index is 5.97. The lowest BCUT2D eigenvalue weighted by Crippen LogP contribution is -2.56. The summed E-state index contributed by atoms with van der Waals surface area (Å²) >= 11 is 0. The lowest BCUT2D eigenvalue weighted by molar-refractivity contribution is -0.000483. The molecule has 0 aliphatic heterocycles. The lowest BCUT2D eigenvalue weighted by atomic mass is 9.99. The quantitative estimate of drug-likeness (QED) is 0.689. The molecular formula is C13H28N2O. The van der Waals surface area contributed by atoms with Gasteiger partial charge in [-0.3, -0.25) is 4.90 Å². The van der Waals surface area contributed by atoms with Crippen molar-refractivity contribution in [2.24, 2.45) is 11.7 Å². The highest BCUT2D eigenvalue weighted by Crippen LogP contribution is 2.33. The second-order valence-electron chi connectivity index (χ2n) is 5.62. The van der Waals surface area contributed by atoms with Crippen molar-refractivity contribution in [2.45, 2.75) is 52.1 Å². The first kappa shape index (κ1) is 13.9. The molecule has 1 saturated carbocycles. The van der Waals surface area contributed by atoms with E-state index < -0.39 is 0 Å². The van der Waals surface area contributed by atoms with Crippen LogP contribution in [0, 0.1) is 5.92 Å². The Bertz CT molecular complexity index is 204. The van der Waals surface area contributed by atoms with E-state index in [1.165, 1.54) is 12.8 Å². The molecule has 0 heterocycles. The Morgan fingerprint density at radius 1 is 1.44 bits per heavy atom. The van der Waals surface area contributed by atoms with E-state index in [0.29, 0.717) is 12.5 Å². The molecule has 1 aliphatic rings.